The van der Waals surface area contributed by atoms with Crippen LogP contribution >= 0.6 is 24.0 Å². The Hall–Kier alpha value is -1.56. The Morgan fingerprint density at radius 2 is 1.72 bits per heavy atom. The summed E-state index contributed by atoms with van der Waals surface area (Å²) in [5, 5.41) is 3.28. The van der Waals surface area contributed by atoms with Crippen LogP contribution < -0.4 is 5.32 Å². The highest BCUT2D eigenvalue weighted by molar-refractivity contribution is 14.0. The summed E-state index contributed by atoms with van der Waals surface area (Å²) in [7, 11) is -1.71. The molecule has 1 aliphatic heterocycles. The Balaban J connectivity index is 0.00000420. The van der Waals surface area contributed by atoms with Crippen LogP contribution in [0.5, 0.6) is 0 Å². The summed E-state index contributed by atoms with van der Waals surface area (Å²) in [5.74, 6) is 0.647. The van der Waals surface area contributed by atoms with Crippen LogP contribution in [0.1, 0.15) is 20.3 Å². The van der Waals surface area contributed by atoms with Crippen molar-refractivity contribution in [1.29, 1.82) is 0 Å². The van der Waals surface area contributed by atoms with Crippen LogP contribution in [0.4, 0.5) is 4.79 Å². The number of aliphatic imine (C=N–C) groups is 1. The van der Waals surface area contributed by atoms with Crippen LogP contribution in [-0.4, -0.2) is 81.9 Å². The minimum absolute atomic E-state index is 0. The predicted molar refractivity (Wildman–Crippen MR) is 125 cm³/mol. The first kappa shape index (κ1) is 25.5. The number of hydrogen-bond acceptors (Lipinski definition) is 5. The lowest BCUT2D eigenvalue weighted by Gasteiger charge is -2.36. The van der Waals surface area contributed by atoms with Crippen molar-refractivity contribution in [3.8, 4) is 0 Å². The molecular formula is C19H31IN4O4S. The SMILES string of the molecule is CCOC(=O)N1CCN(C(=NC)NC(CC)CS(=O)(=O)c2ccccc2)CC1.I. The van der Waals surface area contributed by atoms with Crippen LogP contribution in [-0.2, 0) is 14.6 Å². The molecule has 1 heterocycles. The molecule has 1 aromatic carbocycles. The van der Waals surface area contributed by atoms with Crippen LogP contribution in [0.15, 0.2) is 40.2 Å². The molecule has 0 aromatic heterocycles. The highest BCUT2D eigenvalue weighted by atomic mass is 127. The zero-order valence-corrected chi connectivity index (χ0v) is 20.4. The smallest absolute Gasteiger partial charge is 0.409 e. The van der Waals surface area contributed by atoms with Gasteiger partial charge in [-0.05, 0) is 25.5 Å². The summed E-state index contributed by atoms with van der Waals surface area (Å²) in [5.41, 5.74) is 0. The lowest BCUT2D eigenvalue weighted by Crippen LogP contribution is -2.55. The molecular weight excluding hydrogens is 507 g/mol. The third kappa shape index (κ3) is 7.32. The van der Waals surface area contributed by atoms with E-state index in [1.54, 1.807) is 49.2 Å². The summed E-state index contributed by atoms with van der Waals surface area (Å²) >= 11 is 0. The number of carbonyl (C=O) groups is 1. The molecule has 0 bridgehead atoms. The van der Waals surface area contributed by atoms with Gasteiger partial charge in [0.15, 0.2) is 15.8 Å². The molecule has 0 spiro atoms. The van der Waals surface area contributed by atoms with Gasteiger partial charge >= 0.3 is 6.09 Å². The van der Waals surface area contributed by atoms with E-state index in [1.807, 2.05) is 11.8 Å². The number of guanidine groups is 1. The van der Waals surface area contributed by atoms with Crippen molar-refractivity contribution in [2.24, 2.45) is 4.99 Å². The van der Waals surface area contributed by atoms with Crippen LogP contribution in [0.2, 0.25) is 0 Å². The van der Waals surface area contributed by atoms with Gasteiger partial charge in [-0.2, -0.15) is 0 Å². The van der Waals surface area contributed by atoms with E-state index in [4.69, 9.17) is 4.74 Å². The van der Waals surface area contributed by atoms with Gasteiger partial charge in [-0.25, -0.2) is 13.2 Å². The first-order valence-electron chi connectivity index (χ1n) is 9.59. The number of nitrogens with one attached hydrogen (secondary N) is 1. The molecule has 8 nitrogen and oxygen atoms in total. The minimum Gasteiger partial charge on any atom is -0.450 e. The number of piperazine rings is 1. The fraction of sp³-hybridized carbons (Fsp3) is 0.579. The zero-order chi connectivity index (χ0) is 20.6. The fourth-order valence-corrected chi connectivity index (χ4v) is 4.66. The van der Waals surface area contributed by atoms with Crippen molar-refractivity contribution >= 4 is 45.9 Å². The first-order chi connectivity index (χ1) is 13.4. The van der Waals surface area contributed by atoms with Gasteiger partial charge in [0.05, 0.1) is 17.3 Å². The van der Waals surface area contributed by atoms with Gasteiger partial charge < -0.3 is 19.9 Å². The maximum Gasteiger partial charge on any atom is 0.409 e. The molecule has 10 heteroatoms. The van der Waals surface area contributed by atoms with Crippen molar-refractivity contribution in [2.45, 2.75) is 31.2 Å². The van der Waals surface area contributed by atoms with Crippen molar-refractivity contribution in [3.05, 3.63) is 30.3 Å². The molecule has 0 radical (unpaired) electrons. The molecule has 1 fully saturated rings. The number of amides is 1. The summed E-state index contributed by atoms with van der Waals surface area (Å²) in [6, 6.07) is 8.22. The molecule has 2 rings (SSSR count). The van der Waals surface area contributed by atoms with E-state index in [2.05, 4.69) is 10.3 Å². The van der Waals surface area contributed by atoms with E-state index in [-0.39, 0.29) is 41.9 Å². The van der Waals surface area contributed by atoms with Crippen molar-refractivity contribution < 1.29 is 17.9 Å². The molecule has 1 aliphatic rings. The van der Waals surface area contributed by atoms with Gasteiger partial charge in [0, 0.05) is 39.3 Å². The second-order valence-electron chi connectivity index (χ2n) is 6.56. The number of sulfone groups is 1. The van der Waals surface area contributed by atoms with Gasteiger partial charge in [0.1, 0.15) is 0 Å². The minimum atomic E-state index is -3.39. The van der Waals surface area contributed by atoms with E-state index in [0.717, 1.165) is 0 Å². The van der Waals surface area contributed by atoms with E-state index in [0.29, 0.717) is 50.1 Å². The van der Waals surface area contributed by atoms with E-state index < -0.39 is 9.84 Å². The third-order valence-electron chi connectivity index (χ3n) is 4.67. The first-order valence-corrected chi connectivity index (χ1v) is 11.2. The number of carbonyl (C=O) groups excluding carboxylic acids is 1. The second-order valence-corrected chi connectivity index (χ2v) is 8.60. The molecule has 1 unspecified atom stereocenters. The number of halogens is 1. The molecule has 164 valence electrons. The highest BCUT2D eigenvalue weighted by Gasteiger charge is 2.26. The average molecular weight is 538 g/mol. The topological polar surface area (TPSA) is 91.3 Å². The number of rotatable bonds is 6. The predicted octanol–water partition coefficient (Wildman–Crippen LogP) is 2.21. The molecule has 0 saturated carbocycles. The molecule has 1 saturated heterocycles. The highest BCUT2D eigenvalue weighted by Crippen LogP contribution is 2.13. The van der Waals surface area contributed by atoms with Crippen LogP contribution in [0.25, 0.3) is 0 Å². The van der Waals surface area contributed by atoms with Crippen molar-refractivity contribution in [2.75, 3.05) is 45.6 Å². The molecule has 29 heavy (non-hydrogen) atoms. The lowest BCUT2D eigenvalue weighted by molar-refractivity contribution is 0.0913. The standard InChI is InChI=1S/C19H30N4O4S.HI/c1-4-16(15-28(25,26)17-9-7-6-8-10-17)21-18(20-3)22-11-13-23(14-12-22)19(24)27-5-2;/h6-10,16H,4-5,11-15H2,1-3H3,(H,20,21);1H. The molecule has 1 N–H and O–H groups in total. The normalized spacial score (nSPS) is 16.0. The maximum atomic E-state index is 12.7. The average Bonchev–Trinajstić information content (AvgIpc) is 2.72. The Bertz CT molecular complexity index is 766. The second kappa shape index (κ2) is 12.2. The molecule has 0 aliphatic carbocycles. The van der Waals surface area contributed by atoms with Crippen molar-refractivity contribution in [3.63, 3.8) is 0 Å². The number of benzene rings is 1. The van der Waals surface area contributed by atoms with Gasteiger partial charge in [-0.1, -0.05) is 25.1 Å². The van der Waals surface area contributed by atoms with Gasteiger partial charge in [0.25, 0.3) is 0 Å². The summed E-state index contributed by atoms with van der Waals surface area (Å²) in [6.45, 7) is 6.40. The fourth-order valence-electron chi connectivity index (χ4n) is 3.05. The molecule has 1 aromatic rings. The molecule has 1 atom stereocenters. The Labute approximate surface area is 190 Å². The summed E-state index contributed by atoms with van der Waals surface area (Å²) < 4.78 is 30.4. The lowest BCUT2D eigenvalue weighted by atomic mass is 10.2. The van der Waals surface area contributed by atoms with E-state index in [9.17, 15) is 13.2 Å². The Kier molecular flexibility index (Phi) is 10.7. The zero-order valence-electron chi connectivity index (χ0n) is 17.2. The monoisotopic (exact) mass is 538 g/mol. The Morgan fingerprint density at radius 3 is 2.24 bits per heavy atom. The maximum absolute atomic E-state index is 12.7. The van der Waals surface area contributed by atoms with Gasteiger partial charge in [0.2, 0.25) is 0 Å². The van der Waals surface area contributed by atoms with E-state index in [1.165, 1.54) is 0 Å². The third-order valence-corrected chi connectivity index (χ3v) is 6.50. The summed E-state index contributed by atoms with van der Waals surface area (Å²) in [6.07, 6.45) is 0.346. The largest absolute Gasteiger partial charge is 0.450 e. The summed E-state index contributed by atoms with van der Waals surface area (Å²) in [4.78, 5) is 20.2. The van der Waals surface area contributed by atoms with Crippen LogP contribution in [0, 0.1) is 0 Å². The Morgan fingerprint density at radius 1 is 1.14 bits per heavy atom. The van der Waals surface area contributed by atoms with Crippen LogP contribution in [0.3, 0.4) is 0 Å². The quantitative estimate of drug-likeness (QED) is 0.340. The van der Waals surface area contributed by atoms with Gasteiger partial charge in [-0.15, -0.1) is 24.0 Å². The number of ether oxygens (including phenoxy) is 1. The molecule has 1 amide bonds. The van der Waals surface area contributed by atoms with Gasteiger partial charge in [-0.3, -0.25) is 4.99 Å². The number of hydrogen-bond donors (Lipinski definition) is 1. The van der Waals surface area contributed by atoms with E-state index >= 15 is 0 Å². The van der Waals surface area contributed by atoms with Crippen molar-refractivity contribution in [1.82, 2.24) is 15.1 Å². The number of nitrogens with zero attached hydrogens (tertiary/aromatic N) is 3.